The molecule has 2 N–H and O–H groups in total. The normalized spacial score (nSPS) is 19.7. The fourth-order valence-corrected chi connectivity index (χ4v) is 3.32. The number of nitrogens with zero attached hydrogens (tertiary/aromatic N) is 2. The molecule has 1 atom stereocenters. The molecular weight excluding hydrogens is 435 g/mol. The Balaban J connectivity index is 0.00000208. The van der Waals surface area contributed by atoms with E-state index >= 15 is 0 Å². The molecule has 0 spiro atoms. The second-order valence-electron chi connectivity index (χ2n) is 6.45. The first kappa shape index (κ1) is 19.8. The highest BCUT2D eigenvalue weighted by Crippen LogP contribution is 2.27. The summed E-state index contributed by atoms with van der Waals surface area (Å²) >= 11 is 6.21. The van der Waals surface area contributed by atoms with Crippen LogP contribution in [0.4, 0.5) is 0 Å². The van der Waals surface area contributed by atoms with Crippen molar-refractivity contribution in [2.45, 2.75) is 44.7 Å². The average Bonchev–Trinajstić information content (AvgIpc) is 3.19. The third-order valence-electron chi connectivity index (χ3n) is 4.50. The summed E-state index contributed by atoms with van der Waals surface area (Å²) in [5, 5.41) is 7.66. The van der Waals surface area contributed by atoms with Crippen molar-refractivity contribution in [3.05, 3.63) is 34.9 Å². The van der Waals surface area contributed by atoms with Gasteiger partial charge < -0.3 is 10.6 Å². The van der Waals surface area contributed by atoms with Gasteiger partial charge in [0.15, 0.2) is 5.96 Å². The molecule has 1 saturated carbocycles. The first-order chi connectivity index (χ1) is 11.3. The van der Waals surface area contributed by atoms with Gasteiger partial charge in [0.25, 0.3) is 0 Å². The maximum atomic E-state index is 6.21. The highest BCUT2D eigenvalue weighted by Gasteiger charge is 2.25. The molecule has 6 heteroatoms. The topological polar surface area (TPSA) is 39.7 Å². The van der Waals surface area contributed by atoms with Crippen LogP contribution in [0.3, 0.4) is 0 Å². The molecule has 0 aromatic heterocycles. The lowest BCUT2D eigenvalue weighted by molar-refractivity contribution is 0.251. The predicted octanol–water partition coefficient (Wildman–Crippen LogP) is 3.81. The molecule has 1 aliphatic carbocycles. The number of likely N-dealkylation sites (tertiary alicyclic amines) is 1. The van der Waals surface area contributed by atoms with Crippen LogP contribution in [0.1, 0.15) is 44.2 Å². The van der Waals surface area contributed by atoms with E-state index in [1.165, 1.54) is 31.2 Å². The summed E-state index contributed by atoms with van der Waals surface area (Å²) in [6, 6.07) is 9.16. The third-order valence-corrected chi connectivity index (χ3v) is 4.73. The smallest absolute Gasteiger partial charge is 0.191 e. The van der Waals surface area contributed by atoms with Crippen LogP contribution in [0, 0.1) is 0 Å². The van der Waals surface area contributed by atoms with Crippen LogP contribution in [0.2, 0.25) is 5.02 Å². The van der Waals surface area contributed by atoms with Gasteiger partial charge in [0.05, 0.1) is 12.6 Å². The zero-order valence-electron chi connectivity index (χ0n) is 14.3. The number of hydrogen-bond acceptors (Lipinski definition) is 2. The molecule has 0 bridgehead atoms. The Morgan fingerprint density at radius 2 is 2.08 bits per heavy atom. The minimum absolute atomic E-state index is 0. The summed E-state index contributed by atoms with van der Waals surface area (Å²) in [5.41, 5.74) is 1.27. The van der Waals surface area contributed by atoms with Crippen LogP contribution in [-0.4, -0.2) is 43.1 Å². The van der Waals surface area contributed by atoms with Crippen LogP contribution in [0.5, 0.6) is 0 Å². The highest BCUT2D eigenvalue weighted by molar-refractivity contribution is 14.0. The summed E-state index contributed by atoms with van der Waals surface area (Å²) in [7, 11) is 0. The van der Waals surface area contributed by atoms with E-state index in [4.69, 9.17) is 16.6 Å². The highest BCUT2D eigenvalue weighted by atomic mass is 127. The van der Waals surface area contributed by atoms with Crippen LogP contribution < -0.4 is 10.6 Å². The fourth-order valence-electron chi connectivity index (χ4n) is 3.12. The van der Waals surface area contributed by atoms with Gasteiger partial charge in [-0.15, -0.1) is 24.0 Å². The van der Waals surface area contributed by atoms with Crippen LogP contribution in [0.15, 0.2) is 29.3 Å². The van der Waals surface area contributed by atoms with E-state index < -0.39 is 0 Å². The molecule has 0 radical (unpaired) electrons. The van der Waals surface area contributed by atoms with Gasteiger partial charge in [-0.2, -0.15) is 0 Å². The van der Waals surface area contributed by atoms with Gasteiger partial charge in [-0.25, -0.2) is 0 Å². The van der Waals surface area contributed by atoms with Crippen molar-refractivity contribution in [1.29, 1.82) is 0 Å². The van der Waals surface area contributed by atoms with Gasteiger partial charge in [-0.05, 0) is 63.4 Å². The Labute approximate surface area is 167 Å². The first-order valence-electron chi connectivity index (χ1n) is 8.80. The molecule has 1 unspecified atom stereocenters. The molecular formula is C18H28ClIN4. The Morgan fingerprint density at radius 3 is 2.71 bits per heavy atom. The number of nitrogens with one attached hydrogen (secondary N) is 2. The van der Waals surface area contributed by atoms with E-state index in [2.05, 4.69) is 34.6 Å². The van der Waals surface area contributed by atoms with E-state index in [1.807, 2.05) is 12.1 Å². The zero-order chi connectivity index (χ0) is 16.1. The van der Waals surface area contributed by atoms with Gasteiger partial charge >= 0.3 is 0 Å². The van der Waals surface area contributed by atoms with Crippen molar-refractivity contribution >= 4 is 41.5 Å². The molecule has 2 aliphatic rings. The second-order valence-corrected chi connectivity index (χ2v) is 6.89. The monoisotopic (exact) mass is 462 g/mol. The van der Waals surface area contributed by atoms with Crippen LogP contribution >= 0.6 is 35.6 Å². The zero-order valence-corrected chi connectivity index (χ0v) is 17.4. The average molecular weight is 463 g/mol. The molecule has 4 nitrogen and oxygen atoms in total. The fraction of sp³-hybridized carbons (Fsp3) is 0.611. The number of benzene rings is 1. The summed E-state index contributed by atoms with van der Waals surface area (Å²) in [6.45, 7) is 6.07. The molecule has 1 aromatic rings. The van der Waals surface area contributed by atoms with Gasteiger partial charge in [0, 0.05) is 17.6 Å². The molecule has 3 rings (SSSR count). The minimum Gasteiger partial charge on any atom is -0.357 e. The molecule has 2 fully saturated rings. The molecule has 1 saturated heterocycles. The van der Waals surface area contributed by atoms with Crippen molar-refractivity contribution in [1.82, 2.24) is 15.5 Å². The van der Waals surface area contributed by atoms with Crippen LogP contribution in [-0.2, 0) is 0 Å². The summed E-state index contributed by atoms with van der Waals surface area (Å²) in [5.74, 6) is 0.946. The van der Waals surface area contributed by atoms with Gasteiger partial charge in [0.1, 0.15) is 0 Å². The number of guanidine groups is 1. The van der Waals surface area contributed by atoms with Crippen molar-refractivity contribution in [2.24, 2.45) is 4.99 Å². The number of halogens is 2. The van der Waals surface area contributed by atoms with Gasteiger partial charge in [-0.3, -0.25) is 9.89 Å². The maximum absolute atomic E-state index is 6.21. The lowest BCUT2D eigenvalue weighted by Crippen LogP contribution is -2.39. The van der Waals surface area contributed by atoms with E-state index in [0.717, 1.165) is 37.2 Å². The first-order valence-corrected chi connectivity index (χ1v) is 9.18. The predicted molar refractivity (Wildman–Crippen MR) is 113 cm³/mol. The molecule has 1 aliphatic heterocycles. The van der Waals surface area contributed by atoms with E-state index in [1.54, 1.807) is 0 Å². The number of aliphatic imine (C=N–C) groups is 1. The Hall–Kier alpha value is -0.530. The number of hydrogen-bond donors (Lipinski definition) is 2. The SMILES string of the molecule is CCNC(=NCC(c1cccc(Cl)c1)N1CCCC1)NC1CC1.I. The van der Waals surface area contributed by atoms with E-state index in [-0.39, 0.29) is 24.0 Å². The van der Waals surface area contributed by atoms with Crippen molar-refractivity contribution in [2.75, 3.05) is 26.2 Å². The largest absolute Gasteiger partial charge is 0.357 e. The molecule has 1 aromatic carbocycles. The summed E-state index contributed by atoms with van der Waals surface area (Å²) in [6.07, 6.45) is 5.07. The second kappa shape index (κ2) is 9.82. The van der Waals surface area contributed by atoms with E-state index in [9.17, 15) is 0 Å². The quantitative estimate of drug-likeness (QED) is 0.384. The lowest BCUT2D eigenvalue weighted by atomic mass is 10.1. The molecule has 1 heterocycles. The Bertz CT molecular complexity index is 542. The Kier molecular flexibility index (Phi) is 8.10. The van der Waals surface area contributed by atoms with Crippen molar-refractivity contribution < 1.29 is 0 Å². The molecule has 134 valence electrons. The Morgan fingerprint density at radius 1 is 1.33 bits per heavy atom. The number of rotatable bonds is 6. The lowest BCUT2D eigenvalue weighted by Gasteiger charge is -2.27. The summed E-state index contributed by atoms with van der Waals surface area (Å²) < 4.78 is 0. The van der Waals surface area contributed by atoms with Gasteiger partial charge in [-0.1, -0.05) is 23.7 Å². The van der Waals surface area contributed by atoms with Crippen LogP contribution in [0.25, 0.3) is 0 Å². The minimum atomic E-state index is 0. The third kappa shape index (κ3) is 5.77. The van der Waals surface area contributed by atoms with E-state index in [0.29, 0.717) is 12.1 Å². The van der Waals surface area contributed by atoms with Crippen molar-refractivity contribution in [3.63, 3.8) is 0 Å². The van der Waals surface area contributed by atoms with Gasteiger partial charge in [0.2, 0.25) is 0 Å². The molecule has 0 amide bonds. The summed E-state index contributed by atoms with van der Waals surface area (Å²) in [4.78, 5) is 7.39. The van der Waals surface area contributed by atoms with Crippen molar-refractivity contribution in [3.8, 4) is 0 Å². The standard InChI is InChI=1S/C18H27ClN4.HI/c1-2-20-18(22-16-8-9-16)21-13-17(23-10-3-4-11-23)14-6-5-7-15(19)12-14;/h5-7,12,16-17H,2-4,8-11,13H2,1H3,(H2,20,21,22);1H. The maximum Gasteiger partial charge on any atom is 0.191 e. The molecule has 24 heavy (non-hydrogen) atoms.